The Morgan fingerprint density at radius 2 is 1.28 bits per heavy atom. The summed E-state index contributed by atoms with van der Waals surface area (Å²) in [6, 6.07) is 0. The molecular formula is C51H83O17P. The summed E-state index contributed by atoms with van der Waals surface area (Å²) in [5.74, 6) is -5.16. The first kappa shape index (κ1) is 62.0. The number of phosphoric ester groups is 1. The highest BCUT2D eigenvalue weighted by Gasteiger charge is 2.49. The fourth-order valence-electron chi connectivity index (χ4n) is 7.86. The number of hydrogen-bond acceptors (Lipinski definition) is 16. The smallest absolute Gasteiger partial charge is 0.462 e. The Hall–Kier alpha value is -3.16. The van der Waals surface area contributed by atoms with E-state index in [4.69, 9.17) is 18.5 Å². The second-order valence-corrected chi connectivity index (χ2v) is 19.3. The fraction of sp³-hybridized carbons (Fsp3) is 0.706. The van der Waals surface area contributed by atoms with Crippen molar-refractivity contribution >= 4 is 25.5 Å². The molecule has 1 saturated heterocycles. The van der Waals surface area contributed by atoms with Crippen LogP contribution < -0.4 is 0 Å². The molecule has 0 aromatic carbocycles. The predicted molar refractivity (Wildman–Crippen MR) is 260 cm³/mol. The zero-order chi connectivity index (χ0) is 51.0. The van der Waals surface area contributed by atoms with E-state index >= 15 is 0 Å². The Balaban J connectivity index is 2.20. The third kappa shape index (κ3) is 26.2. The number of unbranched alkanes of at least 4 members (excludes halogenated alkanes) is 5. The number of aliphatic hydroxyl groups excluding tert-OH is 8. The van der Waals surface area contributed by atoms with Crippen LogP contribution in [0.15, 0.2) is 72.9 Å². The molecule has 2 bridgehead atoms. The first-order chi connectivity index (χ1) is 33.0. The maximum Gasteiger partial charge on any atom is 0.472 e. The summed E-state index contributed by atoms with van der Waals surface area (Å²) in [7, 11) is -5.52. The highest BCUT2D eigenvalue weighted by atomic mass is 31.2. The van der Waals surface area contributed by atoms with Gasteiger partial charge in [0.1, 0.15) is 36.8 Å². The van der Waals surface area contributed by atoms with Crippen molar-refractivity contribution in [3.8, 4) is 0 Å². The first-order valence-electron chi connectivity index (χ1n) is 24.9. The Labute approximate surface area is 408 Å². The monoisotopic (exact) mass is 999 g/mol. The number of hydrogen-bond donors (Lipinski definition) is 9. The molecule has 1 aliphatic heterocycles. The lowest BCUT2D eigenvalue weighted by atomic mass is 9.82. The predicted octanol–water partition coefficient (Wildman–Crippen LogP) is 5.84. The van der Waals surface area contributed by atoms with Gasteiger partial charge in [-0.2, -0.15) is 0 Å². The van der Waals surface area contributed by atoms with Crippen molar-refractivity contribution in [1.29, 1.82) is 0 Å². The molecule has 1 heterocycles. The fourth-order valence-corrected chi connectivity index (χ4v) is 8.83. The lowest BCUT2D eigenvalue weighted by Gasteiger charge is -2.37. The number of rotatable bonds is 22. The van der Waals surface area contributed by atoms with Gasteiger partial charge in [0.15, 0.2) is 6.10 Å². The number of Topliss-reactive ketones (excluding diaryl/α,β-unsaturated/α-hetero) is 1. The number of esters is 2. The van der Waals surface area contributed by atoms with Crippen LogP contribution >= 0.6 is 7.82 Å². The lowest BCUT2D eigenvalue weighted by molar-refractivity contribution is -0.167. The number of ketones is 1. The van der Waals surface area contributed by atoms with E-state index in [-0.39, 0.29) is 38.5 Å². The van der Waals surface area contributed by atoms with Crippen molar-refractivity contribution in [3.63, 3.8) is 0 Å². The van der Waals surface area contributed by atoms with Crippen LogP contribution in [0.1, 0.15) is 142 Å². The standard InChI is InChI=1S/C51H83O17P/c1-3-5-7-8-9-10-11-12-13-14-15-16-17-18-19-20-21-22-24-30-45(57)67-39-35-65-44(56)29-26-25-28-38(53)33-41-43(55)34-42(54)40(32-31-37(52)27-23-6-4-2)46(58)49(61)51(50(62)48(60)47(41)59)68-69(63,64)66-36-39/h9-10,12-13,15-16,18-19,21-22,31-32,37,39-43,46-52,54-55,58-62H,3-8,11,14,17,20,23-30,33-36H2,1-2H3,(H,63,64)/b10-9-,13-12-,16-15-,19-18-,22-21-,32-31-/t37-,39+,40-,41-,42+,43-,46+,47+,48-,49+,50+,51+/m0/s1. The Morgan fingerprint density at radius 1 is 0.710 bits per heavy atom. The minimum atomic E-state index is -5.52. The molecule has 17 nitrogen and oxygen atoms in total. The van der Waals surface area contributed by atoms with Gasteiger partial charge in [0.25, 0.3) is 0 Å². The molecule has 0 aromatic heterocycles. The lowest BCUT2D eigenvalue weighted by Crippen LogP contribution is -2.56. The van der Waals surface area contributed by atoms with Gasteiger partial charge in [0, 0.05) is 43.9 Å². The van der Waals surface area contributed by atoms with Crippen molar-refractivity contribution in [2.75, 3.05) is 13.2 Å². The first-order valence-corrected chi connectivity index (χ1v) is 26.4. The average molecular weight is 999 g/mol. The third-order valence-corrected chi connectivity index (χ3v) is 13.0. The van der Waals surface area contributed by atoms with Crippen LogP contribution in [0.2, 0.25) is 0 Å². The van der Waals surface area contributed by atoms with Gasteiger partial charge < -0.3 is 55.2 Å². The maximum absolute atomic E-state index is 13.5. The van der Waals surface area contributed by atoms with Gasteiger partial charge in [0.2, 0.25) is 0 Å². The molecule has 13 atom stereocenters. The molecule has 0 spiro atoms. The average Bonchev–Trinajstić information content (AvgIpc) is 3.31. The van der Waals surface area contributed by atoms with Crippen LogP contribution in [0.5, 0.6) is 0 Å². The van der Waals surface area contributed by atoms with E-state index in [0.717, 1.165) is 38.5 Å². The maximum atomic E-state index is 13.5. The van der Waals surface area contributed by atoms with Gasteiger partial charge in [-0.1, -0.05) is 119 Å². The summed E-state index contributed by atoms with van der Waals surface area (Å²) in [6.07, 6.45) is 12.5. The number of ether oxygens (including phenoxy) is 2. The SMILES string of the molecule is CCCCC/C=C\C/C=C\C/C=C\C/C=C\C/C=C\CCC(=O)O[C@@H]1COC(=O)CCCCC(=O)C[C@@H]2[C@@H](O)[C@H](O)[C@@H](O)[C@H](OP(=O)(O)OC1)[C@H](O)[C@H](O)[C@@H](/C=C\[C@@H](O)CCCCC)[C@H](O)C[C@@H]2O. The zero-order valence-electron chi connectivity index (χ0n) is 40.7. The molecule has 0 aromatic rings. The number of allylic oxidation sites excluding steroid dienone is 10. The van der Waals surface area contributed by atoms with E-state index in [9.17, 15) is 64.7 Å². The summed E-state index contributed by atoms with van der Waals surface area (Å²) < 4.78 is 34.6. The third-order valence-electron chi connectivity index (χ3n) is 12.0. The molecule has 0 amide bonds. The van der Waals surface area contributed by atoms with Crippen molar-refractivity contribution in [3.05, 3.63) is 72.9 Å². The largest absolute Gasteiger partial charge is 0.472 e. The van der Waals surface area contributed by atoms with E-state index in [1.165, 1.54) is 31.4 Å². The topological polar surface area (TPSA) is 287 Å². The van der Waals surface area contributed by atoms with Gasteiger partial charge in [-0.15, -0.1) is 0 Å². The Bertz CT molecular complexity index is 1680. The van der Waals surface area contributed by atoms with Gasteiger partial charge in [-0.3, -0.25) is 23.4 Å². The number of carbonyl (C=O) groups excluding carboxylic acids is 3. The number of cyclic esters (lactones) is 1. The van der Waals surface area contributed by atoms with Crippen LogP contribution in [0.25, 0.3) is 0 Å². The minimum absolute atomic E-state index is 0.123. The van der Waals surface area contributed by atoms with E-state index in [0.29, 0.717) is 19.3 Å². The highest BCUT2D eigenvalue weighted by molar-refractivity contribution is 7.47. The minimum Gasteiger partial charge on any atom is -0.462 e. The van der Waals surface area contributed by atoms with E-state index in [1.807, 2.05) is 25.2 Å². The molecule has 2 fully saturated rings. The van der Waals surface area contributed by atoms with E-state index < -0.39 is 124 Å². The molecule has 1 unspecified atom stereocenters. The second-order valence-electron chi connectivity index (χ2n) is 17.9. The zero-order valence-corrected chi connectivity index (χ0v) is 41.5. The molecule has 69 heavy (non-hydrogen) atoms. The van der Waals surface area contributed by atoms with Crippen molar-refractivity contribution in [2.24, 2.45) is 11.8 Å². The summed E-state index contributed by atoms with van der Waals surface area (Å²) in [5.41, 5.74) is 0. The molecule has 1 saturated carbocycles. The molecule has 2 rings (SSSR count). The van der Waals surface area contributed by atoms with E-state index in [1.54, 1.807) is 6.08 Å². The molecule has 18 heteroatoms. The van der Waals surface area contributed by atoms with Crippen LogP contribution in [-0.4, -0.2) is 138 Å². The molecule has 0 radical (unpaired) electrons. The number of aliphatic hydroxyl groups is 8. The summed E-state index contributed by atoms with van der Waals surface area (Å²) in [6.45, 7) is 2.62. The van der Waals surface area contributed by atoms with Gasteiger partial charge in [-0.05, 0) is 64.2 Å². The molecule has 2 aliphatic rings. The van der Waals surface area contributed by atoms with Crippen LogP contribution in [0.4, 0.5) is 0 Å². The van der Waals surface area contributed by atoms with Crippen molar-refractivity contribution in [2.45, 2.75) is 203 Å². The van der Waals surface area contributed by atoms with Crippen molar-refractivity contribution < 1.29 is 83.2 Å². The molecule has 1 aliphatic carbocycles. The summed E-state index contributed by atoms with van der Waals surface area (Å²) in [5, 5.41) is 90.1. The van der Waals surface area contributed by atoms with Gasteiger partial charge in [-0.25, -0.2) is 4.57 Å². The number of fused-ring (bicyclic) bond motifs is 4. The molecule has 9 N–H and O–H groups in total. The Kier molecular flexibility index (Phi) is 32.2. The van der Waals surface area contributed by atoms with Crippen molar-refractivity contribution in [1.82, 2.24) is 0 Å². The number of phosphoric acid groups is 1. The molecule has 394 valence electrons. The summed E-state index contributed by atoms with van der Waals surface area (Å²) in [4.78, 5) is 49.7. The quantitative estimate of drug-likeness (QED) is 0.0267. The van der Waals surface area contributed by atoms with Crippen LogP contribution in [0.3, 0.4) is 0 Å². The van der Waals surface area contributed by atoms with Crippen LogP contribution in [-0.2, 0) is 37.5 Å². The normalized spacial score (nSPS) is 31.7. The Morgan fingerprint density at radius 3 is 1.90 bits per heavy atom. The molecular weight excluding hydrogens is 916 g/mol. The van der Waals surface area contributed by atoms with Crippen LogP contribution in [0, 0.1) is 11.8 Å². The van der Waals surface area contributed by atoms with E-state index in [2.05, 4.69) is 43.4 Å². The second kappa shape index (κ2) is 35.9. The number of carbonyl (C=O) groups is 3. The van der Waals surface area contributed by atoms with Gasteiger partial charge in [0.05, 0.1) is 37.1 Å². The summed E-state index contributed by atoms with van der Waals surface area (Å²) >= 11 is 0. The van der Waals surface area contributed by atoms with Gasteiger partial charge >= 0.3 is 19.8 Å². The highest BCUT2D eigenvalue weighted by Crippen LogP contribution is 2.47.